The van der Waals surface area contributed by atoms with Gasteiger partial charge in [-0.3, -0.25) is 0 Å². The Kier molecular flexibility index (Phi) is 0.316. The molecule has 0 aromatic heterocycles. The Bertz CT molecular complexity index is 133. The highest BCUT2D eigenvalue weighted by Gasteiger charge is 2.11. The Labute approximate surface area is 46.3 Å². The summed E-state index contributed by atoms with van der Waals surface area (Å²) >= 11 is 3.04. The first kappa shape index (κ1) is 1.22. The lowest BCUT2D eigenvalue weighted by Crippen LogP contribution is -2.07. The van der Waals surface area contributed by atoms with Crippen LogP contribution in [0.25, 0.3) is 0 Å². The number of hydrogen-bond donors (Lipinski definition) is 0. The van der Waals surface area contributed by atoms with Crippen LogP contribution in [-0.4, -0.2) is 4.83 Å². The highest BCUT2D eigenvalue weighted by Crippen LogP contribution is 2.25. The van der Waals surface area contributed by atoms with Crippen LogP contribution in [0.2, 0.25) is 0 Å². The summed E-state index contributed by atoms with van der Waals surface area (Å²) in [4.78, 5) is -0.306. The molecule has 0 heterocycles. The number of halogens is 1. The van der Waals surface area contributed by atoms with Crippen molar-refractivity contribution in [2.45, 2.75) is 24.0 Å². The third-order valence-corrected chi connectivity index (χ3v) is 1.09. The van der Waals surface area contributed by atoms with Gasteiger partial charge in [0.25, 0.3) is 0 Å². The van der Waals surface area contributed by atoms with Crippen molar-refractivity contribution < 1.29 is 5.48 Å². The number of hydrogen-bond acceptors (Lipinski definition) is 0. The first-order chi connectivity index (χ1) is 3.88. The molecule has 0 N–H and O–H groups in total. The van der Waals surface area contributed by atoms with Gasteiger partial charge in [-0.25, -0.2) is 0 Å². The van der Waals surface area contributed by atoms with E-state index in [-0.39, 0.29) is 11.2 Å². The van der Waals surface area contributed by atoms with Crippen molar-refractivity contribution in [2.24, 2.45) is 0 Å². The van der Waals surface area contributed by atoms with E-state index in [4.69, 9.17) is 5.48 Å². The Morgan fingerprint density at radius 3 is 2.80 bits per heavy atom. The van der Waals surface area contributed by atoms with Gasteiger partial charge in [-0.05, 0) is 12.8 Å². The second kappa shape index (κ2) is 1.29. The van der Waals surface area contributed by atoms with Crippen LogP contribution in [-0.2, 0) is 0 Å². The van der Waals surface area contributed by atoms with Crippen molar-refractivity contribution in [1.82, 2.24) is 0 Å². The minimum Gasteiger partial charge on any atom is -0.0891 e. The summed E-state index contributed by atoms with van der Waals surface area (Å²) < 4.78 is 28.4. The average molecular weight is 139 g/mol. The zero-order valence-corrected chi connectivity index (χ0v) is 4.25. The maximum Gasteiger partial charge on any atom is 0.0278 e. The van der Waals surface area contributed by atoms with E-state index in [0.29, 0.717) is 0 Å². The Balaban J connectivity index is 2.70. The smallest absolute Gasteiger partial charge is 0.0278 e. The van der Waals surface area contributed by atoms with Gasteiger partial charge < -0.3 is 0 Å². The predicted octanol–water partition coefficient (Wildman–Crippen LogP) is 1.93. The van der Waals surface area contributed by atoms with Gasteiger partial charge in [0.1, 0.15) is 0 Å². The Morgan fingerprint density at radius 1 is 2.00 bits per heavy atom. The van der Waals surface area contributed by atoms with Crippen molar-refractivity contribution in [3.05, 3.63) is 0 Å². The van der Waals surface area contributed by atoms with Gasteiger partial charge in [-0.2, -0.15) is 0 Å². The van der Waals surface area contributed by atoms with Gasteiger partial charge in [-0.1, -0.05) is 22.3 Å². The third-order valence-electron chi connectivity index (χ3n) is 0.540. The van der Waals surface area contributed by atoms with Crippen LogP contribution in [0.5, 0.6) is 0 Å². The molecule has 1 heteroatoms. The van der Waals surface area contributed by atoms with Crippen LogP contribution in [0.15, 0.2) is 0 Å². The maximum absolute atomic E-state index is 7.12. The Morgan fingerprint density at radius 2 is 2.80 bits per heavy atom. The maximum atomic E-state index is 7.12. The monoisotopic (exact) mass is 138 g/mol. The van der Waals surface area contributed by atoms with Crippen LogP contribution < -0.4 is 0 Å². The van der Waals surface area contributed by atoms with Gasteiger partial charge in [0.2, 0.25) is 0 Å². The number of alkyl halides is 1. The molecule has 0 nitrogen and oxygen atoms in total. The molecule has 1 aliphatic carbocycles. The molecule has 0 aromatic carbocycles. The van der Waals surface area contributed by atoms with Crippen molar-refractivity contribution in [3.63, 3.8) is 0 Å². The first-order valence-corrected chi connectivity index (χ1v) is 2.43. The lowest BCUT2D eigenvalue weighted by Gasteiger charge is -2.16. The van der Waals surface area contributed by atoms with Gasteiger partial charge >= 0.3 is 0 Å². The minimum atomic E-state index is -1.67. The molecule has 1 rings (SSSR count). The lowest BCUT2D eigenvalue weighted by molar-refractivity contribution is 0.530. The quantitative estimate of drug-likeness (QED) is 0.450. The van der Waals surface area contributed by atoms with E-state index in [2.05, 4.69) is 15.9 Å². The van der Waals surface area contributed by atoms with Crippen LogP contribution in [0.3, 0.4) is 0 Å². The Hall–Kier alpha value is 0.480. The first-order valence-electron chi connectivity index (χ1n) is 3.52. The number of rotatable bonds is 0. The van der Waals surface area contributed by atoms with E-state index in [1.807, 2.05) is 0 Å². The topological polar surface area (TPSA) is 0 Å². The van der Waals surface area contributed by atoms with E-state index in [1.54, 1.807) is 0 Å². The molecule has 0 amide bonds. The fraction of sp³-hybridized carbons (Fsp3) is 1.00. The second-order valence-electron chi connectivity index (χ2n) is 0.993. The molecular formula is C4H7Br. The summed E-state index contributed by atoms with van der Waals surface area (Å²) in [5.74, 6) is 0. The van der Waals surface area contributed by atoms with E-state index in [1.165, 1.54) is 0 Å². The standard InChI is InChI=1S/C4H7Br/c5-4-2-1-3-4/h4H,1-3H2/i1D2,2D2. The van der Waals surface area contributed by atoms with Crippen LogP contribution in [0.1, 0.15) is 24.6 Å². The normalized spacial score (nSPS) is 68.6. The SMILES string of the molecule is [2H]C1([2H])CC(Br)C1([2H])[2H]. The molecule has 1 aliphatic rings. The molecule has 0 aliphatic heterocycles. The zero-order valence-electron chi connectivity index (χ0n) is 6.66. The van der Waals surface area contributed by atoms with Crippen molar-refractivity contribution >= 4 is 15.9 Å². The molecule has 30 valence electrons. The molecular weight excluding hydrogens is 128 g/mol. The summed E-state index contributed by atoms with van der Waals surface area (Å²) in [6.45, 7) is 0. The summed E-state index contributed by atoms with van der Waals surface area (Å²) in [5, 5.41) is 0. The fourth-order valence-corrected chi connectivity index (χ4v) is 0.503. The molecule has 0 bridgehead atoms. The summed E-state index contributed by atoms with van der Waals surface area (Å²) in [5.41, 5.74) is 0. The highest BCUT2D eigenvalue weighted by atomic mass is 79.9. The second-order valence-corrected chi connectivity index (χ2v) is 2.10. The van der Waals surface area contributed by atoms with Crippen LogP contribution in [0.4, 0.5) is 0 Å². The zero-order chi connectivity index (χ0) is 7.28. The molecule has 0 radical (unpaired) electrons. The van der Waals surface area contributed by atoms with Gasteiger partial charge in [0.15, 0.2) is 0 Å². The molecule has 1 unspecified atom stereocenters. The molecule has 1 atom stereocenters. The summed E-state index contributed by atoms with van der Waals surface area (Å²) in [6.07, 6.45) is -3.02. The summed E-state index contributed by atoms with van der Waals surface area (Å²) in [6, 6.07) is 0. The largest absolute Gasteiger partial charge is 0.0891 e. The molecule has 0 saturated heterocycles. The van der Waals surface area contributed by atoms with E-state index >= 15 is 0 Å². The van der Waals surface area contributed by atoms with Gasteiger partial charge in [0, 0.05) is 10.3 Å². The lowest BCUT2D eigenvalue weighted by atomic mass is 10.0. The van der Waals surface area contributed by atoms with Crippen molar-refractivity contribution in [1.29, 1.82) is 0 Å². The van der Waals surface area contributed by atoms with Crippen LogP contribution in [0, 0.1) is 0 Å². The van der Waals surface area contributed by atoms with Gasteiger partial charge in [0.05, 0.1) is 0 Å². The van der Waals surface area contributed by atoms with Crippen molar-refractivity contribution in [3.8, 4) is 0 Å². The molecule has 1 fully saturated rings. The van der Waals surface area contributed by atoms with Crippen molar-refractivity contribution in [2.75, 3.05) is 0 Å². The molecule has 0 spiro atoms. The molecule has 0 aromatic rings. The van der Waals surface area contributed by atoms with E-state index in [9.17, 15) is 0 Å². The average Bonchev–Trinajstić information content (AvgIpc) is 1.65. The molecule has 5 heavy (non-hydrogen) atoms. The minimum absolute atomic E-state index is 0.278. The third kappa shape index (κ3) is 0.656. The van der Waals surface area contributed by atoms with E-state index in [0.717, 1.165) is 0 Å². The fourth-order valence-electron chi connectivity index (χ4n) is 0.179. The summed E-state index contributed by atoms with van der Waals surface area (Å²) in [7, 11) is 0. The predicted molar refractivity (Wildman–Crippen MR) is 26.6 cm³/mol. The highest BCUT2D eigenvalue weighted by molar-refractivity contribution is 9.09. The van der Waals surface area contributed by atoms with Gasteiger partial charge in [-0.15, -0.1) is 0 Å². The molecule has 1 saturated carbocycles. The van der Waals surface area contributed by atoms with E-state index < -0.39 is 12.7 Å². The van der Waals surface area contributed by atoms with Crippen LogP contribution >= 0.6 is 15.9 Å².